The summed E-state index contributed by atoms with van der Waals surface area (Å²) >= 11 is 0. The highest BCUT2D eigenvalue weighted by Crippen LogP contribution is 2.30. The Morgan fingerprint density at radius 2 is 1.51 bits per heavy atom. The molecule has 0 aromatic rings. The lowest BCUT2D eigenvalue weighted by Crippen LogP contribution is -2.40. The molecule has 6 heteroatoms. The molecule has 0 spiro atoms. The third kappa shape index (κ3) is 11.1. The Balaban J connectivity index is 3.34. The molecule has 0 aliphatic carbocycles. The van der Waals surface area contributed by atoms with Gasteiger partial charge in [0.2, 0.25) is 0 Å². The number of aliphatic hydroxyl groups is 4. The summed E-state index contributed by atoms with van der Waals surface area (Å²) in [7, 11) is 0. The van der Waals surface area contributed by atoms with Gasteiger partial charge in [-0.2, -0.15) is 0 Å². The van der Waals surface area contributed by atoms with Crippen LogP contribution in [0.25, 0.3) is 0 Å². The Bertz CT molecular complexity index is 837. The van der Waals surface area contributed by atoms with Gasteiger partial charge in [0, 0.05) is 17.4 Å². The van der Waals surface area contributed by atoms with Crippen molar-refractivity contribution >= 4 is 5.97 Å². The number of aliphatic hydroxyl groups excluding tert-OH is 4. The fraction of sp³-hybridized carbons (Fsp3) is 0.645. The minimum atomic E-state index is -1.43. The van der Waals surface area contributed by atoms with E-state index in [9.17, 15) is 25.2 Å². The van der Waals surface area contributed by atoms with Crippen LogP contribution in [-0.2, 0) is 9.53 Å². The lowest BCUT2D eigenvalue weighted by molar-refractivity contribution is -0.139. The number of ether oxygens (including phenoxy) is 1. The van der Waals surface area contributed by atoms with E-state index in [4.69, 9.17) is 4.74 Å². The van der Waals surface area contributed by atoms with Crippen LogP contribution in [0.3, 0.4) is 0 Å². The molecule has 0 saturated carbocycles. The number of rotatable bonds is 3. The van der Waals surface area contributed by atoms with Gasteiger partial charge >= 0.3 is 5.97 Å². The van der Waals surface area contributed by atoms with Crippen LogP contribution >= 0.6 is 0 Å². The van der Waals surface area contributed by atoms with Crippen molar-refractivity contribution < 1.29 is 30.0 Å². The van der Waals surface area contributed by atoms with Crippen molar-refractivity contribution in [2.75, 3.05) is 6.61 Å². The summed E-state index contributed by atoms with van der Waals surface area (Å²) in [6.07, 6.45) is 11.1. The van der Waals surface area contributed by atoms with E-state index in [0.717, 1.165) is 61.7 Å². The molecule has 0 amide bonds. The molecule has 0 radical (unpaired) electrons. The van der Waals surface area contributed by atoms with Gasteiger partial charge in [-0.25, -0.2) is 4.79 Å². The molecule has 1 heterocycles. The second-order valence-corrected chi connectivity index (χ2v) is 10.4. The van der Waals surface area contributed by atoms with Gasteiger partial charge in [0.1, 0.15) is 12.2 Å². The van der Waals surface area contributed by atoms with Crippen molar-refractivity contribution in [3.05, 3.63) is 59.3 Å². The molecular weight excluding hydrogens is 468 g/mol. The van der Waals surface area contributed by atoms with Crippen LogP contribution in [-0.4, -0.2) is 57.4 Å². The molecule has 6 nitrogen and oxygen atoms in total. The van der Waals surface area contributed by atoms with Crippen LogP contribution in [0.15, 0.2) is 59.3 Å². The fourth-order valence-corrected chi connectivity index (χ4v) is 4.65. The average molecular weight is 519 g/mol. The van der Waals surface area contributed by atoms with E-state index in [1.807, 2.05) is 33.8 Å². The van der Waals surface area contributed by atoms with E-state index in [-0.39, 0.29) is 11.9 Å². The smallest absolute Gasteiger partial charge is 0.334 e. The van der Waals surface area contributed by atoms with Gasteiger partial charge in [0.05, 0.1) is 18.8 Å². The van der Waals surface area contributed by atoms with Crippen molar-refractivity contribution in [1.29, 1.82) is 0 Å². The Morgan fingerprint density at radius 3 is 2.14 bits per heavy atom. The first-order valence-corrected chi connectivity index (χ1v) is 13.8. The number of hydrogen-bond acceptors (Lipinski definition) is 6. The number of cyclic esters (lactones) is 1. The molecule has 6 atom stereocenters. The predicted molar refractivity (Wildman–Crippen MR) is 150 cm³/mol. The highest BCUT2D eigenvalue weighted by atomic mass is 16.5. The van der Waals surface area contributed by atoms with Crippen LogP contribution in [0, 0.1) is 11.8 Å². The summed E-state index contributed by atoms with van der Waals surface area (Å²) in [4.78, 5) is 13.2. The summed E-state index contributed by atoms with van der Waals surface area (Å²) in [6, 6.07) is 0. The maximum absolute atomic E-state index is 13.2. The molecule has 0 aromatic heterocycles. The highest BCUT2D eigenvalue weighted by Gasteiger charge is 2.30. The third-order valence-corrected chi connectivity index (χ3v) is 7.57. The third-order valence-electron chi connectivity index (χ3n) is 7.57. The highest BCUT2D eigenvalue weighted by molar-refractivity contribution is 5.91. The van der Waals surface area contributed by atoms with E-state index in [1.165, 1.54) is 12.2 Å². The second-order valence-electron chi connectivity index (χ2n) is 10.4. The quantitative estimate of drug-likeness (QED) is 0.229. The summed E-state index contributed by atoms with van der Waals surface area (Å²) < 4.78 is 5.68. The predicted octanol–water partition coefficient (Wildman–Crippen LogP) is 5.33. The van der Waals surface area contributed by atoms with Crippen LogP contribution in [0.2, 0.25) is 0 Å². The van der Waals surface area contributed by atoms with Gasteiger partial charge in [-0.05, 0) is 44.8 Å². The van der Waals surface area contributed by atoms with E-state index >= 15 is 0 Å². The zero-order chi connectivity index (χ0) is 28.0. The first-order chi connectivity index (χ1) is 17.5. The maximum Gasteiger partial charge on any atom is 0.334 e. The molecule has 37 heavy (non-hydrogen) atoms. The zero-order valence-electron chi connectivity index (χ0n) is 23.5. The van der Waals surface area contributed by atoms with E-state index < -0.39 is 30.3 Å². The molecule has 0 bridgehead atoms. The minimum absolute atomic E-state index is 0.206. The first kappa shape index (κ1) is 33.0. The molecule has 210 valence electrons. The van der Waals surface area contributed by atoms with Crippen molar-refractivity contribution in [3.63, 3.8) is 0 Å². The lowest BCUT2D eigenvalue weighted by Gasteiger charge is -2.28. The normalized spacial score (nSPS) is 30.0. The first-order valence-electron chi connectivity index (χ1n) is 13.8. The van der Waals surface area contributed by atoms with Crippen LogP contribution < -0.4 is 0 Å². The Hall–Kier alpha value is -1.99. The molecule has 0 saturated heterocycles. The summed E-state index contributed by atoms with van der Waals surface area (Å²) in [5.74, 6) is -1.05. The fourth-order valence-electron chi connectivity index (χ4n) is 4.65. The van der Waals surface area contributed by atoms with Crippen molar-refractivity contribution in [2.24, 2.45) is 11.8 Å². The van der Waals surface area contributed by atoms with Crippen molar-refractivity contribution in [2.45, 2.75) is 110 Å². The topological polar surface area (TPSA) is 107 Å². The molecule has 0 aromatic carbocycles. The molecule has 1 aliphatic heterocycles. The lowest BCUT2D eigenvalue weighted by atomic mass is 9.84. The van der Waals surface area contributed by atoms with Gasteiger partial charge in [-0.1, -0.05) is 94.9 Å². The number of carbonyl (C=O) groups excluding carboxylic acids is 1. The number of allylic oxidation sites excluding steroid dienone is 5. The van der Waals surface area contributed by atoms with E-state index in [1.54, 1.807) is 19.1 Å². The molecule has 1 rings (SSSR count). The van der Waals surface area contributed by atoms with Gasteiger partial charge in [0.25, 0.3) is 0 Å². The zero-order valence-corrected chi connectivity index (χ0v) is 23.5. The van der Waals surface area contributed by atoms with Crippen LogP contribution in [0.5, 0.6) is 0 Å². The van der Waals surface area contributed by atoms with Gasteiger partial charge < -0.3 is 25.2 Å². The van der Waals surface area contributed by atoms with E-state index in [2.05, 4.69) is 6.58 Å². The maximum atomic E-state index is 13.2. The molecule has 4 N–H and O–H groups in total. The summed E-state index contributed by atoms with van der Waals surface area (Å²) in [5.41, 5.74) is 2.94. The Labute approximate surface area is 224 Å². The molecule has 1 aliphatic rings. The van der Waals surface area contributed by atoms with Crippen LogP contribution in [0.1, 0.15) is 86.0 Å². The van der Waals surface area contributed by atoms with Gasteiger partial charge in [-0.3, -0.25) is 0 Å². The van der Waals surface area contributed by atoms with Crippen molar-refractivity contribution in [3.8, 4) is 0 Å². The van der Waals surface area contributed by atoms with Crippen molar-refractivity contribution in [1.82, 2.24) is 0 Å². The van der Waals surface area contributed by atoms with Gasteiger partial charge in [-0.15, -0.1) is 0 Å². The molecule has 0 fully saturated rings. The largest absolute Gasteiger partial charge is 0.462 e. The van der Waals surface area contributed by atoms with E-state index in [0.29, 0.717) is 18.6 Å². The SMILES string of the molecule is C=CC=C[C@H](C)C1=C(C)C(C)=C(C)[C@@H](C)[C@H](O)C(O)[C@@H](O)C=C[C@@H](O)CCCCCCCCCOC1=O. The average Bonchev–Trinajstić information content (AvgIpc) is 2.88. The second kappa shape index (κ2) is 17.5. The molecule has 1 unspecified atom stereocenters. The Morgan fingerprint density at radius 1 is 0.919 bits per heavy atom. The molecular formula is C31H50O6. The van der Waals surface area contributed by atoms with Gasteiger partial charge in [0.15, 0.2) is 0 Å². The number of carbonyl (C=O) groups is 1. The Kier molecular flexibility index (Phi) is 15.6. The minimum Gasteiger partial charge on any atom is -0.462 e. The summed E-state index contributed by atoms with van der Waals surface area (Å²) in [6.45, 7) is 13.4. The monoisotopic (exact) mass is 518 g/mol. The standard InChI is InChI=1S/C31H50O6/c1-7-8-16-21(2)28-24(5)22(3)23(4)25(6)29(34)30(35)27(33)19-18-26(32)17-14-12-10-9-11-13-15-20-37-31(28)36/h7-8,16,18-19,21,25-27,29-30,32-35H,1,9-15,17,20H2,2-6H3/t21-,25+,26-,27-,29-,30?/m0/s1. The number of hydrogen-bond donors (Lipinski definition) is 4. The number of esters is 1. The summed E-state index contributed by atoms with van der Waals surface area (Å²) in [5, 5.41) is 42.1. The van der Waals surface area contributed by atoms with Crippen LogP contribution in [0.4, 0.5) is 0 Å².